The zero-order valence-corrected chi connectivity index (χ0v) is 36.7. The van der Waals surface area contributed by atoms with Gasteiger partial charge in [-0.2, -0.15) is 0 Å². The van der Waals surface area contributed by atoms with Gasteiger partial charge < -0.3 is 5.11 Å². The Kier molecular flexibility index (Phi) is 10.7. The molecule has 4 heteroatoms. The number of aryl methyl sites for hydroxylation is 2. The smallest absolute Gasteiger partial charge is 0.149 e. The van der Waals surface area contributed by atoms with Crippen LogP contribution < -0.4 is 0 Å². The lowest BCUT2D eigenvalue weighted by molar-refractivity contribution is 0.472. The van der Waals surface area contributed by atoms with Crippen LogP contribution in [-0.4, -0.2) is 19.6 Å². The maximum absolute atomic E-state index is 11.7. The molecule has 1 N–H and O–H groups in total. The van der Waals surface area contributed by atoms with Gasteiger partial charge in [0.05, 0.1) is 22.3 Å². The Labute approximate surface area is 366 Å². The maximum atomic E-state index is 11.7. The van der Waals surface area contributed by atoms with Crippen molar-refractivity contribution in [2.45, 2.75) is 60.3 Å². The summed E-state index contributed by atoms with van der Waals surface area (Å²) in [7, 11) is 0. The average Bonchev–Trinajstić information content (AvgIpc) is 3.67. The second-order valence-corrected chi connectivity index (χ2v) is 18.1. The second-order valence-electron chi connectivity index (χ2n) is 18.1. The van der Waals surface area contributed by atoms with Crippen LogP contribution in [0.1, 0.15) is 56.9 Å². The number of nitrogens with zero attached hydrogens (tertiary/aromatic N) is 3. The highest BCUT2D eigenvalue weighted by atomic mass is 16.3. The number of phenolic OH excluding ortho intramolecular Hbond substituents is 1. The summed E-state index contributed by atoms with van der Waals surface area (Å²) in [5, 5.41) is 11.7. The monoisotopic (exact) mass is 807 g/mol. The van der Waals surface area contributed by atoms with Crippen molar-refractivity contribution in [1.29, 1.82) is 0 Å². The molecule has 7 aromatic carbocycles. The number of hydrogen-bond acceptors (Lipinski definition) is 3. The molecule has 0 unspecified atom stereocenters. The molecule has 0 saturated heterocycles. The Hall–Kier alpha value is -7.04. The van der Waals surface area contributed by atoms with E-state index in [0.29, 0.717) is 17.3 Å². The molecule has 0 aliphatic heterocycles. The van der Waals surface area contributed by atoms with E-state index >= 15 is 0 Å². The minimum atomic E-state index is -0.133. The third-order valence-corrected chi connectivity index (χ3v) is 11.9. The number of aromatic hydroxyl groups is 1. The number of benzene rings is 7. The van der Waals surface area contributed by atoms with Gasteiger partial charge in [-0.1, -0.05) is 150 Å². The molecule has 9 aromatic rings. The zero-order chi connectivity index (χ0) is 43.1. The Morgan fingerprint density at radius 2 is 1.23 bits per heavy atom. The minimum Gasteiger partial charge on any atom is -0.507 e. The normalized spacial score (nSPS) is 11.7. The van der Waals surface area contributed by atoms with Crippen molar-refractivity contribution in [3.8, 4) is 78.6 Å². The van der Waals surface area contributed by atoms with Crippen LogP contribution in [0, 0.1) is 19.8 Å². The van der Waals surface area contributed by atoms with E-state index in [4.69, 9.17) is 9.97 Å². The van der Waals surface area contributed by atoms with Gasteiger partial charge in [-0.3, -0.25) is 9.55 Å². The first-order chi connectivity index (χ1) is 29.9. The molecule has 0 aliphatic rings. The van der Waals surface area contributed by atoms with Gasteiger partial charge in [-0.05, 0) is 141 Å². The summed E-state index contributed by atoms with van der Waals surface area (Å²) in [5.74, 6) is 1.41. The molecule has 0 spiro atoms. The SMILES string of the molecule is Cc1cc(C)c(O)c(-c2nc3c(-c4cc(-c5cc(-c6ccc(-c7ccccc7)cc6)ccn5)cc(C(C)(C)C)c4)cccc3n2-c2ccc(-c3ccccc3)c(CC(C)C)c2)c1. The molecule has 0 amide bonds. The van der Waals surface area contributed by atoms with Gasteiger partial charge in [0.1, 0.15) is 11.6 Å². The van der Waals surface area contributed by atoms with Crippen LogP contribution in [-0.2, 0) is 11.8 Å². The third-order valence-electron chi connectivity index (χ3n) is 11.9. The first kappa shape index (κ1) is 40.4. The summed E-state index contributed by atoms with van der Waals surface area (Å²) >= 11 is 0. The molecule has 0 atom stereocenters. The molecule has 0 aliphatic carbocycles. The Morgan fingerprint density at radius 1 is 0.565 bits per heavy atom. The van der Waals surface area contributed by atoms with E-state index in [2.05, 4.69) is 198 Å². The average molecular weight is 808 g/mol. The fourth-order valence-electron chi connectivity index (χ4n) is 8.75. The summed E-state index contributed by atoms with van der Waals surface area (Å²) in [6, 6.07) is 58.4. The van der Waals surface area contributed by atoms with Crippen LogP contribution in [0.25, 0.3) is 83.9 Å². The van der Waals surface area contributed by atoms with Crippen LogP contribution in [0.3, 0.4) is 0 Å². The van der Waals surface area contributed by atoms with E-state index in [1.54, 1.807) is 0 Å². The molecule has 2 heterocycles. The van der Waals surface area contributed by atoms with Gasteiger partial charge in [-0.15, -0.1) is 0 Å². The van der Waals surface area contributed by atoms with E-state index in [1.807, 2.05) is 25.3 Å². The number of hydrogen-bond donors (Lipinski definition) is 1. The van der Waals surface area contributed by atoms with Crippen LogP contribution in [0.4, 0.5) is 0 Å². The molecule has 0 fully saturated rings. The van der Waals surface area contributed by atoms with Crippen LogP contribution in [0.5, 0.6) is 5.75 Å². The molecule has 306 valence electrons. The largest absolute Gasteiger partial charge is 0.507 e. The number of fused-ring (bicyclic) bond motifs is 1. The van der Waals surface area contributed by atoms with Crippen molar-refractivity contribution in [3.63, 3.8) is 0 Å². The summed E-state index contributed by atoms with van der Waals surface area (Å²) in [6.45, 7) is 15.4. The van der Waals surface area contributed by atoms with E-state index in [-0.39, 0.29) is 11.2 Å². The first-order valence-electron chi connectivity index (χ1n) is 21.7. The fraction of sp³-hybridized carbons (Fsp3) is 0.172. The quantitative estimate of drug-likeness (QED) is 0.158. The lowest BCUT2D eigenvalue weighted by Crippen LogP contribution is -2.11. The highest BCUT2D eigenvalue weighted by Gasteiger charge is 2.24. The predicted molar refractivity (Wildman–Crippen MR) is 260 cm³/mol. The molecule has 2 aromatic heterocycles. The Morgan fingerprint density at radius 3 is 1.92 bits per heavy atom. The van der Waals surface area contributed by atoms with Crippen LogP contribution in [0.2, 0.25) is 0 Å². The molecule has 4 nitrogen and oxygen atoms in total. The Balaban J connectivity index is 1.22. The number of rotatable bonds is 9. The summed E-state index contributed by atoms with van der Waals surface area (Å²) in [5.41, 5.74) is 19.0. The van der Waals surface area contributed by atoms with Crippen molar-refractivity contribution in [2.75, 3.05) is 0 Å². The lowest BCUT2D eigenvalue weighted by atomic mass is 9.83. The van der Waals surface area contributed by atoms with Gasteiger partial charge in [0, 0.05) is 23.0 Å². The summed E-state index contributed by atoms with van der Waals surface area (Å²) < 4.78 is 2.24. The molecule has 0 radical (unpaired) electrons. The van der Waals surface area contributed by atoms with Crippen molar-refractivity contribution in [3.05, 3.63) is 192 Å². The highest BCUT2D eigenvalue weighted by molar-refractivity contribution is 5.97. The zero-order valence-electron chi connectivity index (χ0n) is 36.7. The molecular formula is C58H53N3O. The van der Waals surface area contributed by atoms with Crippen molar-refractivity contribution < 1.29 is 5.11 Å². The number of phenols is 1. The van der Waals surface area contributed by atoms with E-state index in [1.165, 1.54) is 33.4 Å². The van der Waals surface area contributed by atoms with E-state index in [9.17, 15) is 5.11 Å². The molecule has 9 rings (SSSR count). The molecular weight excluding hydrogens is 755 g/mol. The fourth-order valence-corrected chi connectivity index (χ4v) is 8.75. The highest BCUT2D eigenvalue weighted by Crippen LogP contribution is 2.42. The van der Waals surface area contributed by atoms with Gasteiger partial charge >= 0.3 is 0 Å². The van der Waals surface area contributed by atoms with Crippen LogP contribution >= 0.6 is 0 Å². The standard InChI is InChI=1S/C58H53N3O/c1-37(2)29-45-35-49(25-26-50(45)43-17-12-9-13-18-43)61-54-20-14-19-51(55(54)60-57(61)52-31-38(3)30-39(4)56(52)62)46-32-47(34-48(33-46)58(5,6)7)53-36-44(27-28-59-53)42-23-21-41(22-24-42)40-15-10-8-11-16-40/h8-28,30-37,62H,29H2,1-7H3. The Bertz CT molecular complexity index is 3060. The number of imidazole rings is 1. The number of aromatic nitrogens is 3. The topological polar surface area (TPSA) is 50.9 Å². The maximum Gasteiger partial charge on any atom is 0.149 e. The minimum absolute atomic E-state index is 0.133. The molecule has 0 saturated carbocycles. The van der Waals surface area contributed by atoms with Gasteiger partial charge in [0.25, 0.3) is 0 Å². The van der Waals surface area contributed by atoms with Crippen molar-refractivity contribution in [1.82, 2.24) is 14.5 Å². The van der Waals surface area contributed by atoms with Gasteiger partial charge in [0.2, 0.25) is 0 Å². The number of pyridine rings is 1. The lowest BCUT2D eigenvalue weighted by Gasteiger charge is -2.22. The predicted octanol–water partition coefficient (Wildman–Crippen LogP) is 15.2. The molecule has 62 heavy (non-hydrogen) atoms. The summed E-state index contributed by atoms with van der Waals surface area (Å²) in [6.07, 6.45) is 2.84. The van der Waals surface area contributed by atoms with Crippen molar-refractivity contribution >= 4 is 11.0 Å². The number of para-hydroxylation sites is 1. The summed E-state index contributed by atoms with van der Waals surface area (Å²) in [4.78, 5) is 10.5. The van der Waals surface area contributed by atoms with Crippen molar-refractivity contribution in [2.24, 2.45) is 5.92 Å². The van der Waals surface area contributed by atoms with Gasteiger partial charge in [-0.25, -0.2) is 4.98 Å². The van der Waals surface area contributed by atoms with Gasteiger partial charge in [0.15, 0.2) is 0 Å². The first-order valence-corrected chi connectivity index (χ1v) is 21.7. The molecule has 0 bridgehead atoms. The van der Waals surface area contributed by atoms with Crippen LogP contribution in [0.15, 0.2) is 170 Å². The van der Waals surface area contributed by atoms with E-state index < -0.39 is 0 Å². The third kappa shape index (κ3) is 7.97. The van der Waals surface area contributed by atoms with E-state index in [0.717, 1.165) is 67.8 Å². The second kappa shape index (κ2) is 16.4.